The van der Waals surface area contributed by atoms with E-state index < -0.39 is 0 Å². The van der Waals surface area contributed by atoms with E-state index in [1.165, 1.54) is 0 Å². The van der Waals surface area contributed by atoms with Crippen LogP contribution in [-0.2, 0) is 0 Å². The molecule has 0 saturated heterocycles. The molecule has 0 bridgehead atoms. The topological polar surface area (TPSA) is 47.1 Å². The van der Waals surface area contributed by atoms with Gasteiger partial charge in [0.25, 0.3) is 11.8 Å². The zero-order valence-corrected chi connectivity index (χ0v) is 21.4. The lowest BCUT2D eigenvalue weighted by Gasteiger charge is -2.26. The second-order valence-electron chi connectivity index (χ2n) is 8.66. The maximum atomic E-state index is 13.1. The molecule has 0 aliphatic rings. The molecule has 0 aromatic heterocycles. The van der Waals surface area contributed by atoms with Gasteiger partial charge in [-0.1, -0.05) is 40.5 Å². The normalized spacial score (nSPS) is 11.2. The number of unbranched alkanes of at least 4 members (excludes halogenated alkanes) is 2. The van der Waals surface area contributed by atoms with E-state index in [2.05, 4.69) is 51.6 Å². The predicted molar refractivity (Wildman–Crippen MR) is 134 cm³/mol. The van der Waals surface area contributed by atoms with Crippen molar-refractivity contribution in [3.8, 4) is 0 Å². The number of likely N-dealkylation sites (N-methyl/N-ethyl adjacent to an activating group) is 2. The SMILES string of the molecule is CCCCN(CCN(C)CC)C(=O)c1ccc(C(=O)N(CCCC)CCN(C)CC)cc1. The average molecular weight is 447 g/mol. The van der Waals surface area contributed by atoms with Gasteiger partial charge in [0.15, 0.2) is 0 Å². The van der Waals surface area contributed by atoms with Crippen LogP contribution in [0.3, 0.4) is 0 Å². The maximum Gasteiger partial charge on any atom is 0.253 e. The van der Waals surface area contributed by atoms with Gasteiger partial charge >= 0.3 is 0 Å². The van der Waals surface area contributed by atoms with E-state index in [1.54, 1.807) is 0 Å². The number of nitrogens with zero attached hydrogens (tertiary/aromatic N) is 4. The minimum atomic E-state index is 0.0503. The van der Waals surface area contributed by atoms with Crippen molar-refractivity contribution in [2.75, 3.05) is 66.5 Å². The van der Waals surface area contributed by atoms with E-state index in [0.717, 1.165) is 78.0 Å². The summed E-state index contributed by atoms with van der Waals surface area (Å²) >= 11 is 0. The second-order valence-corrected chi connectivity index (χ2v) is 8.66. The molecule has 1 aromatic rings. The molecule has 0 radical (unpaired) electrons. The van der Waals surface area contributed by atoms with Gasteiger partial charge in [-0.2, -0.15) is 0 Å². The fourth-order valence-electron chi connectivity index (χ4n) is 3.35. The largest absolute Gasteiger partial charge is 0.337 e. The third-order valence-corrected chi connectivity index (χ3v) is 6.10. The number of hydrogen-bond acceptors (Lipinski definition) is 4. The Bertz CT molecular complexity index is 605. The summed E-state index contributed by atoms with van der Waals surface area (Å²) in [5.41, 5.74) is 1.31. The molecule has 0 aliphatic carbocycles. The van der Waals surface area contributed by atoms with Crippen molar-refractivity contribution in [3.63, 3.8) is 0 Å². The fourth-order valence-corrected chi connectivity index (χ4v) is 3.35. The summed E-state index contributed by atoms with van der Waals surface area (Å²) < 4.78 is 0. The van der Waals surface area contributed by atoms with Crippen LogP contribution in [-0.4, -0.2) is 97.9 Å². The fraction of sp³-hybridized carbons (Fsp3) is 0.692. The first-order chi connectivity index (χ1) is 15.4. The molecule has 0 fully saturated rings. The van der Waals surface area contributed by atoms with E-state index >= 15 is 0 Å². The van der Waals surface area contributed by atoms with Gasteiger partial charge in [-0.05, 0) is 64.3 Å². The summed E-state index contributed by atoms with van der Waals surface area (Å²) in [5, 5.41) is 0. The van der Waals surface area contributed by atoms with Gasteiger partial charge in [-0.25, -0.2) is 0 Å². The van der Waals surface area contributed by atoms with Crippen LogP contribution in [0.5, 0.6) is 0 Å². The van der Waals surface area contributed by atoms with Crippen LogP contribution in [0.4, 0.5) is 0 Å². The summed E-state index contributed by atoms with van der Waals surface area (Å²) in [4.78, 5) is 34.6. The van der Waals surface area contributed by atoms with Gasteiger partial charge in [0.1, 0.15) is 0 Å². The number of hydrogen-bond donors (Lipinski definition) is 0. The Labute approximate surface area is 196 Å². The monoisotopic (exact) mass is 446 g/mol. The summed E-state index contributed by atoms with van der Waals surface area (Å²) in [6.07, 6.45) is 4.11. The lowest BCUT2D eigenvalue weighted by atomic mass is 10.1. The Kier molecular flexibility index (Phi) is 13.9. The molecular weight excluding hydrogens is 400 g/mol. The number of rotatable bonds is 16. The van der Waals surface area contributed by atoms with Gasteiger partial charge in [0, 0.05) is 50.4 Å². The molecule has 2 amide bonds. The highest BCUT2D eigenvalue weighted by molar-refractivity contribution is 5.97. The molecule has 0 aliphatic heterocycles. The second kappa shape index (κ2) is 15.8. The Hall–Kier alpha value is -1.92. The van der Waals surface area contributed by atoms with Crippen molar-refractivity contribution >= 4 is 11.8 Å². The first kappa shape index (κ1) is 28.1. The molecule has 0 spiro atoms. The highest BCUT2D eigenvalue weighted by Crippen LogP contribution is 2.12. The first-order valence-electron chi connectivity index (χ1n) is 12.4. The third kappa shape index (κ3) is 9.70. The lowest BCUT2D eigenvalue weighted by Crippen LogP contribution is -2.38. The molecule has 1 rings (SSSR count). The van der Waals surface area contributed by atoms with Gasteiger partial charge < -0.3 is 19.6 Å². The van der Waals surface area contributed by atoms with Crippen LogP contribution in [0.25, 0.3) is 0 Å². The molecule has 6 nitrogen and oxygen atoms in total. The van der Waals surface area contributed by atoms with Crippen LogP contribution in [0.15, 0.2) is 24.3 Å². The molecule has 0 heterocycles. The molecule has 6 heteroatoms. The van der Waals surface area contributed by atoms with E-state index in [0.29, 0.717) is 11.1 Å². The molecule has 0 atom stereocenters. The van der Waals surface area contributed by atoms with Crippen molar-refractivity contribution in [3.05, 3.63) is 35.4 Å². The summed E-state index contributed by atoms with van der Waals surface area (Å²) in [5.74, 6) is 0.101. The molecule has 0 N–H and O–H groups in total. The first-order valence-corrected chi connectivity index (χ1v) is 12.4. The number of benzene rings is 1. The zero-order chi connectivity index (χ0) is 23.9. The highest BCUT2D eigenvalue weighted by atomic mass is 16.2. The minimum Gasteiger partial charge on any atom is -0.337 e. The maximum absolute atomic E-state index is 13.1. The van der Waals surface area contributed by atoms with E-state index in [9.17, 15) is 9.59 Å². The Morgan fingerprint density at radius 1 is 0.594 bits per heavy atom. The van der Waals surface area contributed by atoms with Gasteiger partial charge in [-0.15, -0.1) is 0 Å². The highest BCUT2D eigenvalue weighted by Gasteiger charge is 2.19. The third-order valence-electron chi connectivity index (χ3n) is 6.10. The van der Waals surface area contributed by atoms with Crippen molar-refractivity contribution < 1.29 is 9.59 Å². The summed E-state index contributed by atoms with van der Waals surface area (Å²) in [6, 6.07) is 7.25. The number of carbonyl (C=O) groups is 2. The van der Waals surface area contributed by atoms with E-state index in [1.807, 2.05) is 34.1 Å². The number of amides is 2. The summed E-state index contributed by atoms with van der Waals surface area (Å²) in [7, 11) is 4.15. The molecule has 1 aromatic carbocycles. The van der Waals surface area contributed by atoms with Gasteiger partial charge in [0.05, 0.1) is 0 Å². The van der Waals surface area contributed by atoms with Crippen molar-refractivity contribution in [1.82, 2.24) is 19.6 Å². The standard InChI is InChI=1S/C26H46N4O2/c1-7-11-17-29(21-19-27(5)9-3)25(31)23-13-15-24(16-14-23)26(32)30(18-12-8-2)22-20-28(6)10-4/h13-16H,7-12,17-22H2,1-6H3. The Balaban J connectivity index is 2.89. The molecule has 182 valence electrons. The summed E-state index contributed by atoms with van der Waals surface area (Å²) in [6.45, 7) is 15.2. The van der Waals surface area contributed by atoms with Gasteiger partial charge in [-0.3, -0.25) is 9.59 Å². The van der Waals surface area contributed by atoms with E-state index in [4.69, 9.17) is 0 Å². The van der Waals surface area contributed by atoms with Crippen molar-refractivity contribution in [2.45, 2.75) is 53.4 Å². The van der Waals surface area contributed by atoms with Crippen LogP contribution in [0.1, 0.15) is 74.1 Å². The van der Waals surface area contributed by atoms with E-state index in [-0.39, 0.29) is 11.8 Å². The molecule has 0 saturated carbocycles. The predicted octanol–water partition coefficient (Wildman–Crippen LogP) is 4.07. The lowest BCUT2D eigenvalue weighted by molar-refractivity contribution is 0.0727. The minimum absolute atomic E-state index is 0.0503. The van der Waals surface area contributed by atoms with Gasteiger partial charge in [0.2, 0.25) is 0 Å². The van der Waals surface area contributed by atoms with Crippen LogP contribution in [0.2, 0.25) is 0 Å². The van der Waals surface area contributed by atoms with Crippen LogP contribution in [0, 0.1) is 0 Å². The molecule has 32 heavy (non-hydrogen) atoms. The molecule has 0 unspecified atom stereocenters. The Morgan fingerprint density at radius 3 is 1.22 bits per heavy atom. The number of carbonyl (C=O) groups excluding carboxylic acids is 2. The van der Waals surface area contributed by atoms with Crippen LogP contribution < -0.4 is 0 Å². The zero-order valence-electron chi connectivity index (χ0n) is 21.4. The average Bonchev–Trinajstić information content (AvgIpc) is 2.83. The van der Waals surface area contributed by atoms with Crippen molar-refractivity contribution in [1.29, 1.82) is 0 Å². The Morgan fingerprint density at radius 2 is 0.938 bits per heavy atom. The van der Waals surface area contributed by atoms with Crippen molar-refractivity contribution in [2.24, 2.45) is 0 Å². The smallest absolute Gasteiger partial charge is 0.253 e. The quantitative estimate of drug-likeness (QED) is 0.384. The van der Waals surface area contributed by atoms with Crippen LogP contribution >= 0.6 is 0 Å². The molecular formula is C26H46N4O2.